The first-order valence-electron chi connectivity index (χ1n) is 8.64. The van der Waals surface area contributed by atoms with Crippen LogP contribution in [0.4, 0.5) is 0 Å². The highest BCUT2D eigenvalue weighted by atomic mass is 16.3. The Hall–Kier alpha value is -2.21. The minimum absolute atomic E-state index is 0.161. The number of fused-ring (bicyclic) bond motifs is 1. The van der Waals surface area contributed by atoms with Crippen molar-refractivity contribution in [1.82, 2.24) is 24.3 Å². The minimum atomic E-state index is 0.161. The van der Waals surface area contributed by atoms with E-state index in [4.69, 9.17) is 10.1 Å². The Morgan fingerprint density at radius 1 is 1.25 bits per heavy atom. The van der Waals surface area contributed by atoms with Crippen molar-refractivity contribution >= 4 is 11.0 Å². The lowest BCUT2D eigenvalue weighted by atomic mass is 10.1. The monoisotopic (exact) mass is 327 g/mol. The van der Waals surface area contributed by atoms with E-state index >= 15 is 0 Å². The second-order valence-electron chi connectivity index (χ2n) is 6.32. The summed E-state index contributed by atoms with van der Waals surface area (Å²) in [7, 11) is 0. The molecule has 3 aromatic rings. The van der Waals surface area contributed by atoms with Gasteiger partial charge < -0.3 is 9.67 Å². The number of nitrogens with zero attached hydrogens (tertiary/aromatic N) is 5. The second-order valence-corrected chi connectivity index (χ2v) is 6.32. The molecule has 1 atom stereocenters. The summed E-state index contributed by atoms with van der Waals surface area (Å²) in [5.41, 5.74) is 2.08. The van der Waals surface area contributed by atoms with Gasteiger partial charge in [-0.05, 0) is 24.5 Å². The van der Waals surface area contributed by atoms with Crippen LogP contribution in [-0.4, -0.2) is 36.0 Å². The number of aliphatic hydroxyl groups excluding tert-OH is 1. The van der Waals surface area contributed by atoms with E-state index in [9.17, 15) is 0 Å². The number of aliphatic hydroxyl groups is 1. The Morgan fingerprint density at radius 2 is 2.08 bits per heavy atom. The van der Waals surface area contributed by atoms with Crippen LogP contribution in [0.5, 0.6) is 0 Å². The number of hydrogen-bond acceptors (Lipinski definition) is 4. The van der Waals surface area contributed by atoms with E-state index in [0.29, 0.717) is 25.4 Å². The number of hydrogen-bond donors (Lipinski definition) is 1. The molecule has 0 saturated carbocycles. The molecule has 0 aliphatic heterocycles. The summed E-state index contributed by atoms with van der Waals surface area (Å²) in [6.07, 6.45) is 4.54. The van der Waals surface area contributed by atoms with Gasteiger partial charge in [0.15, 0.2) is 5.82 Å². The molecule has 0 amide bonds. The molecule has 128 valence electrons. The normalized spacial score (nSPS) is 12.8. The highest BCUT2D eigenvalue weighted by molar-refractivity contribution is 5.74. The lowest BCUT2D eigenvalue weighted by Crippen LogP contribution is -2.10. The van der Waals surface area contributed by atoms with Crippen LogP contribution >= 0.6 is 0 Å². The number of benzene rings is 1. The predicted molar refractivity (Wildman–Crippen MR) is 93.7 cm³/mol. The largest absolute Gasteiger partial charge is 0.396 e. The molecule has 1 aromatic carbocycles. The maximum atomic E-state index is 9.13. The fourth-order valence-electron chi connectivity index (χ4n) is 2.77. The fourth-order valence-corrected chi connectivity index (χ4v) is 2.77. The summed E-state index contributed by atoms with van der Waals surface area (Å²) in [5.74, 6) is 2.38. The Kier molecular flexibility index (Phi) is 5.25. The van der Waals surface area contributed by atoms with Crippen LogP contribution in [0.1, 0.15) is 38.3 Å². The van der Waals surface area contributed by atoms with Gasteiger partial charge in [0, 0.05) is 19.6 Å². The summed E-state index contributed by atoms with van der Waals surface area (Å²) < 4.78 is 4.03. The molecule has 0 aliphatic carbocycles. The summed E-state index contributed by atoms with van der Waals surface area (Å²) in [6.45, 7) is 5.89. The Labute approximate surface area is 142 Å². The van der Waals surface area contributed by atoms with E-state index in [1.54, 1.807) is 0 Å². The van der Waals surface area contributed by atoms with Crippen molar-refractivity contribution in [3.8, 4) is 0 Å². The quantitative estimate of drug-likeness (QED) is 0.690. The molecule has 0 unspecified atom stereocenters. The van der Waals surface area contributed by atoms with E-state index < -0.39 is 0 Å². The smallest absolute Gasteiger partial charge is 0.151 e. The van der Waals surface area contributed by atoms with Gasteiger partial charge in [0.2, 0.25) is 0 Å². The van der Waals surface area contributed by atoms with E-state index in [2.05, 4.69) is 34.6 Å². The van der Waals surface area contributed by atoms with Crippen molar-refractivity contribution in [1.29, 1.82) is 0 Å². The summed E-state index contributed by atoms with van der Waals surface area (Å²) >= 11 is 0. The van der Waals surface area contributed by atoms with Crippen LogP contribution in [0.25, 0.3) is 11.0 Å². The third-order valence-electron chi connectivity index (χ3n) is 4.39. The fraction of sp³-hybridized carbons (Fsp3) is 0.500. The summed E-state index contributed by atoms with van der Waals surface area (Å²) in [4.78, 5) is 9.19. The molecule has 0 aliphatic rings. The van der Waals surface area contributed by atoms with Crippen LogP contribution in [0, 0.1) is 5.92 Å². The van der Waals surface area contributed by atoms with Gasteiger partial charge in [-0.25, -0.2) is 14.6 Å². The molecule has 24 heavy (non-hydrogen) atoms. The summed E-state index contributed by atoms with van der Waals surface area (Å²) in [5, 5.41) is 13.8. The van der Waals surface area contributed by atoms with Crippen LogP contribution in [-0.2, 0) is 19.5 Å². The van der Waals surface area contributed by atoms with Gasteiger partial charge in [-0.3, -0.25) is 0 Å². The molecule has 6 nitrogen and oxygen atoms in total. The Morgan fingerprint density at radius 3 is 2.88 bits per heavy atom. The Bertz CT molecular complexity index is 792. The lowest BCUT2D eigenvalue weighted by molar-refractivity contribution is 0.275. The number of para-hydroxylation sites is 2. The highest BCUT2D eigenvalue weighted by Crippen LogP contribution is 2.15. The van der Waals surface area contributed by atoms with Gasteiger partial charge in [0.05, 0.1) is 23.9 Å². The molecule has 0 fully saturated rings. The van der Waals surface area contributed by atoms with Crippen LogP contribution in [0.15, 0.2) is 30.6 Å². The number of aryl methyl sites for hydroxylation is 1. The van der Waals surface area contributed by atoms with Gasteiger partial charge in [0.25, 0.3) is 0 Å². The second kappa shape index (κ2) is 7.57. The van der Waals surface area contributed by atoms with Gasteiger partial charge in [-0.15, -0.1) is 0 Å². The number of aromatic nitrogens is 5. The van der Waals surface area contributed by atoms with Crippen LogP contribution in [0.2, 0.25) is 0 Å². The molecule has 0 radical (unpaired) electrons. The third kappa shape index (κ3) is 3.64. The van der Waals surface area contributed by atoms with Crippen molar-refractivity contribution in [2.75, 3.05) is 6.61 Å². The van der Waals surface area contributed by atoms with Crippen molar-refractivity contribution < 1.29 is 5.11 Å². The number of imidazole rings is 1. The molecular formula is C18H25N5O. The predicted octanol–water partition coefficient (Wildman–Crippen LogP) is 2.65. The molecule has 3 rings (SSSR count). The zero-order valence-corrected chi connectivity index (χ0v) is 14.4. The molecule has 0 spiro atoms. The van der Waals surface area contributed by atoms with Crippen molar-refractivity contribution in [3.05, 3.63) is 42.2 Å². The van der Waals surface area contributed by atoms with Crippen molar-refractivity contribution in [3.63, 3.8) is 0 Å². The SMILES string of the molecule is CC[C@@H](C)Cc1nc(Cn2cnc3ccccc32)n(CCCO)n1. The molecule has 2 aromatic heterocycles. The molecular weight excluding hydrogens is 302 g/mol. The maximum Gasteiger partial charge on any atom is 0.151 e. The topological polar surface area (TPSA) is 68.8 Å². The van der Waals surface area contributed by atoms with Crippen molar-refractivity contribution in [2.45, 2.75) is 46.2 Å². The van der Waals surface area contributed by atoms with E-state index in [-0.39, 0.29) is 6.61 Å². The third-order valence-corrected chi connectivity index (χ3v) is 4.39. The van der Waals surface area contributed by atoms with E-state index in [1.807, 2.05) is 29.2 Å². The van der Waals surface area contributed by atoms with Gasteiger partial charge in [-0.2, -0.15) is 5.10 Å². The lowest BCUT2D eigenvalue weighted by Gasteiger charge is -2.06. The highest BCUT2D eigenvalue weighted by Gasteiger charge is 2.13. The van der Waals surface area contributed by atoms with Crippen molar-refractivity contribution in [2.24, 2.45) is 5.92 Å². The van der Waals surface area contributed by atoms with E-state index in [0.717, 1.165) is 35.5 Å². The number of rotatable bonds is 8. The average molecular weight is 327 g/mol. The minimum Gasteiger partial charge on any atom is -0.396 e. The van der Waals surface area contributed by atoms with Crippen LogP contribution < -0.4 is 0 Å². The molecule has 0 bridgehead atoms. The van der Waals surface area contributed by atoms with E-state index in [1.165, 1.54) is 0 Å². The molecule has 0 saturated heterocycles. The summed E-state index contributed by atoms with van der Waals surface area (Å²) in [6, 6.07) is 8.09. The van der Waals surface area contributed by atoms with Crippen LogP contribution in [0.3, 0.4) is 0 Å². The maximum absolute atomic E-state index is 9.13. The molecule has 6 heteroatoms. The first kappa shape index (κ1) is 16.6. The molecule has 1 N–H and O–H groups in total. The first-order chi connectivity index (χ1) is 11.7. The Balaban J connectivity index is 1.87. The van der Waals surface area contributed by atoms with Gasteiger partial charge in [0.1, 0.15) is 5.82 Å². The molecule has 2 heterocycles. The zero-order valence-electron chi connectivity index (χ0n) is 14.4. The van der Waals surface area contributed by atoms with Gasteiger partial charge >= 0.3 is 0 Å². The average Bonchev–Trinajstić information content (AvgIpc) is 3.17. The standard InChI is InChI=1S/C18H25N5O/c1-3-14(2)11-17-20-18(23(21-17)9-6-10-24)12-22-13-19-15-7-4-5-8-16(15)22/h4-5,7-8,13-14,24H,3,6,9-12H2,1-2H3/t14-/m1/s1. The van der Waals surface area contributed by atoms with Gasteiger partial charge in [-0.1, -0.05) is 32.4 Å². The first-order valence-corrected chi connectivity index (χ1v) is 8.64. The zero-order chi connectivity index (χ0) is 16.9.